The van der Waals surface area contributed by atoms with E-state index >= 15 is 0 Å². The number of carbonyl (C=O) groups is 3. The molecule has 480 valence electrons. The number of unbranched alkanes of at least 4 members (excludes halogenated alkanes) is 49. The average Bonchev–Trinajstić information content (AvgIpc) is 3.47. The van der Waals surface area contributed by atoms with Crippen molar-refractivity contribution in [3.63, 3.8) is 0 Å². The normalized spacial score (nSPS) is 12.3. The molecule has 0 aliphatic carbocycles. The average molecular weight is 1150 g/mol. The van der Waals surface area contributed by atoms with E-state index in [2.05, 4.69) is 69.4 Å². The lowest BCUT2D eigenvalue weighted by Gasteiger charge is -2.18. The summed E-state index contributed by atoms with van der Waals surface area (Å²) in [7, 11) is 0. The molecule has 0 radical (unpaired) electrons. The molecule has 1 unspecified atom stereocenters. The van der Waals surface area contributed by atoms with E-state index < -0.39 is 6.10 Å². The van der Waals surface area contributed by atoms with Crippen molar-refractivity contribution in [3.8, 4) is 0 Å². The summed E-state index contributed by atoms with van der Waals surface area (Å²) in [6.07, 6.45) is 89.9. The monoisotopic (exact) mass is 1150 g/mol. The fourth-order valence-corrected chi connectivity index (χ4v) is 11.0. The van der Waals surface area contributed by atoms with Crippen LogP contribution < -0.4 is 0 Å². The number of hydrogen-bond donors (Lipinski definition) is 0. The SMILES string of the molecule is CCCCC/C=C\C/C=C\CCCCCCCCCCCC(=O)OC(COC(=O)CCCCCCCCCCCCCCCCC/C=C\C/C=C\CCCCCCC)COC(=O)CCCCCCCCCCCCCCCCCCCC. The molecule has 0 aliphatic rings. The van der Waals surface area contributed by atoms with E-state index in [0.717, 1.165) is 70.6 Å². The van der Waals surface area contributed by atoms with Crippen molar-refractivity contribution in [2.75, 3.05) is 13.2 Å². The molecule has 0 rings (SSSR count). The number of ether oxygens (including phenoxy) is 3. The summed E-state index contributed by atoms with van der Waals surface area (Å²) in [4.78, 5) is 38.5. The van der Waals surface area contributed by atoms with E-state index in [0.29, 0.717) is 19.3 Å². The molecule has 82 heavy (non-hydrogen) atoms. The molecule has 6 heteroatoms. The van der Waals surface area contributed by atoms with Gasteiger partial charge in [-0.2, -0.15) is 0 Å². The minimum Gasteiger partial charge on any atom is -0.462 e. The predicted molar refractivity (Wildman–Crippen MR) is 358 cm³/mol. The predicted octanol–water partition coefficient (Wildman–Crippen LogP) is 25.3. The van der Waals surface area contributed by atoms with Gasteiger partial charge < -0.3 is 14.2 Å². The third kappa shape index (κ3) is 68.2. The maximum Gasteiger partial charge on any atom is 0.306 e. The van der Waals surface area contributed by atoms with Crippen molar-refractivity contribution in [1.29, 1.82) is 0 Å². The van der Waals surface area contributed by atoms with E-state index in [1.54, 1.807) is 0 Å². The highest BCUT2D eigenvalue weighted by atomic mass is 16.6. The van der Waals surface area contributed by atoms with Crippen LogP contribution in [0.25, 0.3) is 0 Å². The first-order valence-electron chi connectivity index (χ1n) is 36.6. The molecule has 6 nitrogen and oxygen atoms in total. The maximum atomic E-state index is 13.0. The smallest absolute Gasteiger partial charge is 0.306 e. The van der Waals surface area contributed by atoms with Gasteiger partial charge in [0.05, 0.1) is 0 Å². The second-order valence-electron chi connectivity index (χ2n) is 24.9. The molecule has 0 aromatic rings. The van der Waals surface area contributed by atoms with Crippen LogP contribution >= 0.6 is 0 Å². The number of rotatable bonds is 68. The van der Waals surface area contributed by atoms with Crippen LogP contribution in [0.5, 0.6) is 0 Å². The van der Waals surface area contributed by atoms with Crippen LogP contribution in [-0.2, 0) is 28.6 Å². The van der Waals surface area contributed by atoms with Gasteiger partial charge in [0.15, 0.2) is 6.10 Å². The molecule has 0 saturated heterocycles. The van der Waals surface area contributed by atoms with Crippen molar-refractivity contribution >= 4 is 17.9 Å². The summed E-state index contributed by atoms with van der Waals surface area (Å²) in [5.74, 6) is -0.844. The Morgan fingerprint density at radius 3 is 0.695 bits per heavy atom. The number of allylic oxidation sites excluding steroid dienone is 8. The molecule has 0 saturated carbocycles. The summed E-state index contributed by atoms with van der Waals surface area (Å²) in [6.45, 7) is 6.68. The second kappa shape index (κ2) is 70.9. The highest BCUT2D eigenvalue weighted by Gasteiger charge is 2.19. The van der Waals surface area contributed by atoms with Crippen LogP contribution in [0.4, 0.5) is 0 Å². The van der Waals surface area contributed by atoms with E-state index in [4.69, 9.17) is 14.2 Å². The second-order valence-corrected chi connectivity index (χ2v) is 24.9. The molecule has 0 heterocycles. The lowest BCUT2D eigenvalue weighted by molar-refractivity contribution is -0.167. The highest BCUT2D eigenvalue weighted by Crippen LogP contribution is 2.18. The van der Waals surface area contributed by atoms with Gasteiger partial charge in [0.25, 0.3) is 0 Å². The van der Waals surface area contributed by atoms with Gasteiger partial charge in [0.2, 0.25) is 0 Å². The quantitative estimate of drug-likeness (QED) is 0.0261. The van der Waals surface area contributed by atoms with Crippen molar-refractivity contribution < 1.29 is 28.6 Å². The largest absolute Gasteiger partial charge is 0.462 e. The molecule has 1 atom stereocenters. The Kier molecular flexibility index (Phi) is 68.6. The van der Waals surface area contributed by atoms with Gasteiger partial charge in [0.1, 0.15) is 13.2 Å². The van der Waals surface area contributed by atoms with Gasteiger partial charge in [-0.25, -0.2) is 0 Å². The lowest BCUT2D eigenvalue weighted by Crippen LogP contribution is -2.30. The first-order valence-corrected chi connectivity index (χ1v) is 36.6. The highest BCUT2D eigenvalue weighted by molar-refractivity contribution is 5.71. The topological polar surface area (TPSA) is 78.9 Å². The molecular weight excluding hydrogens is 1010 g/mol. The van der Waals surface area contributed by atoms with Crippen molar-refractivity contribution in [3.05, 3.63) is 48.6 Å². The fourth-order valence-electron chi connectivity index (χ4n) is 11.0. The number of hydrogen-bond acceptors (Lipinski definition) is 6. The van der Waals surface area contributed by atoms with Gasteiger partial charge in [-0.1, -0.05) is 345 Å². The zero-order chi connectivity index (χ0) is 59.2. The Morgan fingerprint density at radius 1 is 0.244 bits per heavy atom. The Hall–Kier alpha value is -2.63. The molecule has 0 aromatic heterocycles. The molecule has 0 amide bonds. The van der Waals surface area contributed by atoms with Crippen molar-refractivity contribution in [2.45, 2.75) is 406 Å². The van der Waals surface area contributed by atoms with Gasteiger partial charge >= 0.3 is 17.9 Å². The molecule has 0 bridgehead atoms. The van der Waals surface area contributed by atoms with Gasteiger partial charge in [0, 0.05) is 19.3 Å². The van der Waals surface area contributed by atoms with E-state index in [9.17, 15) is 14.4 Å². The maximum absolute atomic E-state index is 13.0. The van der Waals surface area contributed by atoms with Crippen LogP contribution in [0.3, 0.4) is 0 Å². The number of carbonyl (C=O) groups excluding carboxylic acids is 3. The van der Waals surface area contributed by atoms with Gasteiger partial charge in [-0.05, 0) is 83.5 Å². The Bertz CT molecular complexity index is 1410. The minimum absolute atomic E-state index is 0.0694. The Balaban J connectivity index is 4.28. The van der Waals surface area contributed by atoms with Crippen LogP contribution in [-0.4, -0.2) is 37.2 Å². The van der Waals surface area contributed by atoms with Gasteiger partial charge in [-0.15, -0.1) is 0 Å². The molecule has 0 aromatic carbocycles. The molecule has 0 spiro atoms. The lowest BCUT2D eigenvalue weighted by atomic mass is 10.0. The third-order valence-corrected chi connectivity index (χ3v) is 16.6. The first-order chi connectivity index (χ1) is 40.5. The zero-order valence-electron chi connectivity index (χ0n) is 55.3. The summed E-state index contributed by atoms with van der Waals surface area (Å²) >= 11 is 0. The van der Waals surface area contributed by atoms with Crippen LogP contribution in [0, 0.1) is 0 Å². The van der Waals surface area contributed by atoms with E-state index in [-0.39, 0.29) is 31.1 Å². The Labute approximate surface area is 511 Å². The minimum atomic E-state index is -0.775. The van der Waals surface area contributed by atoms with Crippen molar-refractivity contribution in [1.82, 2.24) is 0 Å². The van der Waals surface area contributed by atoms with E-state index in [1.807, 2.05) is 0 Å². The summed E-state index contributed by atoms with van der Waals surface area (Å²) < 4.78 is 17.0. The molecule has 0 N–H and O–H groups in total. The summed E-state index contributed by atoms with van der Waals surface area (Å²) in [5, 5.41) is 0. The van der Waals surface area contributed by atoms with Gasteiger partial charge in [-0.3, -0.25) is 14.4 Å². The van der Waals surface area contributed by atoms with E-state index in [1.165, 1.54) is 289 Å². The third-order valence-electron chi connectivity index (χ3n) is 16.6. The van der Waals surface area contributed by atoms with Crippen molar-refractivity contribution in [2.24, 2.45) is 0 Å². The molecular formula is C76H140O6. The Morgan fingerprint density at radius 2 is 0.439 bits per heavy atom. The van der Waals surface area contributed by atoms with Crippen LogP contribution in [0.1, 0.15) is 400 Å². The van der Waals surface area contributed by atoms with Crippen LogP contribution in [0.2, 0.25) is 0 Å². The molecule has 0 aliphatic heterocycles. The molecule has 0 fully saturated rings. The summed E-state index contributed by atoms with van der Waals surface area (Å²) in [5.41, 5.74) is 0. The standard InChI is InChI=1S/C76H140O6/c1-4-7-10-13-16-19-22-25-28-31-34-35-36-37-38-39-40-41-43-45-48-51-54-57-60-63-66-69-75(78)81-72-73(71-80-74(77)68-65-62-59-56-53-50-47-44-33-30-27-24-21-18-15-12-9-6-3)82-76(79)70-67-64-61-58-55-52-49-46-42-32-29-26-23-20-17-14-11-8-5-2/h17,20,22,25-26,29,31,34,73H,4-16,18-19,21,23-24,27-28,30,32-33,35-72H2,1-3H3/b20-17-,25-22-,29-26-,34-31-. The first kappa shape index (κ1) is 79.4. The zero-order valence-corrected chi connectivity index (χ0v) is 55.3. The fraction of sp³-hybridized carbons (Fsp3) is 0.855. The summed E-state index contributed by atoms with van der Waals surface area (Å²) in [6, 6.07) is 0. The number of esters is 3. The van der Waals surface area contributed by atoms with Crippen LogP contribution in [0.15, 0.2) is 48.6 Å².